The van der Waals surface area contributed by atoms with E-state index in [0.29, 0.717) is 97.2 Å². The molecule has 129 heavy (non-hydrogen) atoms. The van der Waals surface area contributed by atoms with E-state index in [1.807, 2.05) is 18.6 Å². The Morgan fingerprint density at radius 3 is 1.45 bits per heavy atom. The summed E-state index contributed by atoms with van der Waals surface area (Å²) in [4.78, 5) is 100. The summed E-state index contributed by atoms with van der Waals surface area (Å²) in [7, 11) is 7.02. The molecule has 9 heterocycles. The Labute approximate surface area is 892 Å². The van der Waals surface area contributed by atoms with Crippen LogP contribution >= 0.6 is 32.0 Å². The van der Waals surface area contributed by atoms with E-state index in [1.165, 1.54) is 92.9 Å². The smallest absolute Gasteiger partial charge is 1.00 e. The number of nitrogens with one attached hydrogen (secondary N) is 4. The second-order valence-corrected chi connectivity index (χ2v) is 39.4. The number of aryl methyl sites for hydroxylation is 4. The quantitative estimate of drug-likeness (QED) is 0.00834. The Balaban J connectivity index is -0.000000509. The van der Waals surface area contributed by atoms with Gasteiger partial charge in [0, 0.05) is 149 Å². The Bertz CT molecular complexity index is 4830. The van der Waals surface area contributed by atoms with Gasteiger partial charge in [-0.3, -0.25) is 53.6 Å². The normalized spacial score (nSPS) is 16.9. The van der Waals surface area contributed by atoms with E-state index in [0.717, 1.165) is 57.3 Å². The van der Waals surface area contributed by atoms with Crippen LogP contribution in [0.4, 0.5) is 5.82 Å². The van der Waals surface area contributed by atoms with Gasteiger partial charge in [-0.1, -0.05) is 86.9 Å². The fourth-order valence-electron chi connectivity index (χ4n) is 12.7. The predicted molar refractivity (Wildman–Crippen MR) is 478 cm³/mol. The minimum Gasteiger partial charge on any atom is -1.00 e. The van der Waals surface area contributed by atoms with Crippen LogP contribution in [0, 0.1) is 68.6 Å². The number of hydrogen-bond donors (Lipinski definition) is 4. The summed E-state index contributed by atoms with van der Waals surface area (Å²) in [6.07, 6.45) is 18.7. The average Bonchev–Trinajstić information content (AvgIpc) is 1.64. The molecule has 5 aliphatic rings. The maximum atomic E-state index is 13.5. The molecular formula is C82H131BCl3K2N17NaNiO20S2. The molecular weight excluding hydrogens is 1880 g/mol. The van der Waals surface area contributed by atoms with Gasteiger partial charge in [-0.05, 0) is 162 Å². The molecule has 0 bridgehead atoms. The summed E-state index contributed by atoms with van der Waals surface area (Å²) < 4.78 is 81.8. The summed E-state index contributed by atoms with van der Waals surface area (Å²) in [5, 5.41) is 51.8. The topological polar surface area (TPSA) is 475 Å². The molecule has 0 aromatic carbocycles. The largest absolute Gasteiger partial charge is 1.00 e. The molecule has 4 atom stereocenters. The Kier molecular flexibility index (Phi) is 58.6. The predicted octanol–water partition coefficient (Wildman–Crippen LogP) is 3.71. The van der Waals surface area contributed by atoms with Crippen LogP contribution in [0.25, 0.3) is 11.6 Å². The van der Waals surface area contributed by atoms with Crippen molar-refractivity contribution in [1.29, 1.82) is 0 Å². The average molecular weight is 2020 g/mol. The number of rotatable bonds is 27. The molecule has 4 unspecified atom stereocenters. The second-order valence-electron chi connectivity index (χ2n) is 34.1. The number of sulfonamides is 2. The van der Waals surface area contributed by atoms with Gasteiger partial charge in [0.15, 0.2) is 11.6 Å². The first-order valence-electron chi connectivity index (χ1n) is 40.3. The number of amides is 3. The van der Waals surface area contributed by atoms with Crippen LogP contribution < -0.4 is 172 Å². The number of aromatic nitrogens is 10. The van der Waals surface area contributed by atoms with Gasteiger partial charge in [-0.15, -0.1) is 10.2 Å². The van der Waals surface area contributed by atoms with E-state index in [9.17, 15) is 61.0 Å². The first-order valence-corrected chi connectivity index (χ1v) is 46.4. The van der Waals surface area contributed by atoms with Gasteiger partial charge in [-0.2, -0.15) is 10.2 Å². The third-order valence-corrected chi connectivity index (χ3v) is 24.0. The zero-order valence-electron chi connectivity index (χ0n) is 80.8. The van der Waals surface area contributed by atoms with Gasteiger partial charge in [-0.25, -0.2) is 50.4 Å². The number of hydrogen-bond acceptors (Lipinski definition) is 28. The second kappa shape index (κ2) is 58.8. The van der Waals surface area contributed by atoms with Crippen molar-refractivity contribution in [3.8, 4) is 23.4 Å². The van der Waals surface area contributed by atoms with Crippen molar-refractivity contribution in [1.82, 2.24) is 69.2 Å². The molecule has 4 N–H and O–H groups in total. The Hall–Kier alpha value is -4.58. The fraction of sp³-hybridized carbons (Fsp3) is 0.634. The van der Waals surface area contributed by atoms with Crippen LogP contribution in [0.15, 0.2) is 83.1 Å². The minimum absolute atomic E-state index is 0. The first kappa shape index (κ1) is 129. The van der Waals surface area contributed by atoms with E-state index in [2.05, 4.69) is 143 Å². The molecule has 3 aliphatic heterocycles. The molecule has 3 radical (unpaired) electrons. The van der Waals surface area contributed by atoms with Crippen molar-refractivity contribution in [3.05, 3.63) is 121 Å². The van der Waals surface area contributed by atoms with Crippen LogP contribution in [-0.2, 0) is 80.3 Å². The molecule has 713 valence electrons. The van der Waals surface area contributed by atoms with Gasteiger partial charge in [0.05, 0.1) is 55.9 Å². The molecule has 6 aromatic heterocycles. The molecule has 3 amide bonds. The number of halogens is 3. The minimum atomic E-state index is -4.14. The van der Waals surface area contributed by atoms with Crippen LogP contribution in [0.2, 0.25) is 5.15 Å². The Morgan fingerprint density at radius 1 is 0.721 bits per heavy atom. The number of pyridine rings is 2. The van der Waals surface area contributed by atoms with E-state index in [4.69, 9.17) is 56.5 Å². The number of carbonyl (C=O) groups excluding carboxylic acids is 6. The molecule has 0 spiro atoms. The van der Waals surface area contributed by atoms with E-state index >= 15 is 0 Å². The van der Waals surface area contributed by atoms with E-state index in [-0.39, 0.29) is 257 Å². The van der Waals surface area contributed by atoms with Crippen molar-refractivity contribution >= 4 is 102 Å². The van der Waals surface area contributed by atoms with Gasteiger partial charge in [0.2, 0.25) is 29.2 Å². The molecule has 2 aliphatic carbocycles. The van der Waals surface area contributed by atoms with Crippen molar-refractivity contribution in [3.63, 3.8) is 0 Å². The number of methoxy groups -OCH3 is 2. The van der Waals surface area contributed by atoms with Crippen LogP contribution in [0.3, 0.4) is 0 Å². The third kappa shape index (κ3) is 43.1. The van der Waals surface area contributed by atoms with Gasteiger partial charge >= 0.3 is 177 Å². The van der Waals surface area contributed by atoms with Crippen molar-refractivity contribution < 1.29 is 232 Å². The molecule has 5 fully saturated rings. The van der Waals surface area contributed by atoms with Crippen LogP contribution in [0.5, 0.6) is 11.8 Å². The maximum absolute atomic E-state index is 13.5. The van der Waals surface area contributed by atoms with Gasteiger partial charge in [0.25, 0.3) is 38.3 Å². The number of ether oxygens (including phenoxy) is 4. The number of carbonyl (C=O) groups is 6. The summed E-state index contributed by atoms with van der Waals surface area (Å²) in [6.45, 7) is 43.1. The zero-order valence-corrected chi connectivity index (χ0v) is 91.9. The number of nitrogens with zero attached hydrogens (tertiary/aromatic N) is 13. The van der Waals surface area contributed by atoms with E-state index < -0.39 is 43.4 Å². The molecule has 2 saturated carbocycles. The molecule has 47 heteroatoms. The summed E-state index contributed by atoms with van der Waals surface area (Å²) in [5.74, 6) is 1.40. The van der Waals surface area contributed by atoms with Crippen molar-refractivity contribution in [2.45, 2.75) is 260 Å². The van der Waals surface area contributed by atoms with Gasteiger partial charge < -0.3 is 47.5 Å². The SMILES string of the molecule is C.C=C(CC)C(=O)OC.CC(C)[N+](=O)[O-].CCC(CC(C)(C)[N+](=O)[O-])C(=O)OC.CCC1CC(C)(C)NC1=O.CCC1CN(c2nc(-n3ccc(OCC4(C)CC4)n3)ccc2C(=O)NS(=O)(=O)c2cn(C)nc2C)C(C)(C)C1.CCC1CNC(C)(C)C1.Cc1nn(C)cc1S(=O)(=O)NC(=O)c1ccc(-n2ccc(OCC3(C)CC3)n2)nc1Cl.O=CO[O-].[B].[Cl][Ni][Cl].[H-].[H-].[K+].[K+].[Na+]. The zero-order chi connectivity index (χ0) is 94.4. The van der Waals surface area contributed by atoms with Crippen molar-refractivity contribution in [2.24, 2.45) is 48.6 Å². The fourth-order valence-corrected chi connectivity index (χ4v) is 15.3. The summed E-state index contributed by atoms with van der Waals surface area (Å²) >= 11 is 6.73. The number of esters is 2. The molecule has 11 rings (SSSR count). The number of anilines is 1. The monoisotopic (exact) mass is 2010 g/mol. The molecule has 6 aromatic rings. The van der Waals surface area contributed by atoms with Crippen molar-refractivity contribution in [2.75, 3.05) is 45.4 Å². The summed E-state index contributed by atoms with van der Waals surface area (Å²) in [5.41, 5.74) is 0.767. The van der Waals surface area contributed by atoms with Crippen LogP contribution in [0.1, 0.15) is 244 Å². The standard InChI is InChI=1S/C27H37N7O4S.C19H21ClN6O4S.C9H17NO4.C8H15NO.C8H17N.C6H10O2.C3H7NO2.CH2O3.CH4.B.2ClH.2K.Na.Ni.2H/c1-7-19-14-26(3,4)33(15-19)24-20(25(35)31-39(36,37)21-16-32(6)29-18(21)2)8-9-22(28-24)34-13-10-23(30-34)38-17-27(5)11-12-27;1-12-14(10-25(3)22-12)31(28,29)24-18(27)13-4-5-15(21-17(13)20)26-9-6-16(23-26)30-11-19(2)7-8-19;1-5-7(8(11)14-4)6-9(2,3)10(12)13;1-4-6-5-8(2,3)9-7(6)10;1-4-7-5-8(2,3)9-6-7;1-4-5(2)6(7)8-3;1-3(2)4(5)6;2-1-4-3;;;;;;;;;;/h8-10,13,16,19H,7,11-12,14-15,17H2,1-6H3,(H,31,35);4-6,9-10H,7-8,11H2,1-3H3,(H,24,27);7H,5-6H2,1-4H3;6H,4-5H2,1-3H3,(H,9,10);7,9H,4-6H2,1-3H3;2,4H2,1,3H3;3H,1-2H3;1,3H;1H4;;2*1H;;;;;;/q;;;;;;;;;;;;3*+1;+2;2*-1/p-3. The third-order valence-electron chi connectivity index (χ3n) is 20.8. The van der Waals surface area contributed by atoms with Crippen LogP contribution in [-0.4, -0.2) is 189 Å². The van der Waals surface area contributed by atoms with Gasteiger partial charge in [0.1, 0.15) is 20.8 Å². The number of nitro groups is 2. The molecule has 37 nitrogen and oxygen atoms in total. The first-order chi connectivity index (χ1) is 57.6. The molecule has 3 saturated heterocycles. The Morgan fingerprint density at radius 2 is 1.16 bits per heavy atom. The summed E-state index contributed by atoms with van der Waals surface area (Å²) in [6, 6.07) is 9.26. The maximum Gasteiger partial charge on any atom is 1.00 e. The van der Waals surface area contributed by atoms with E-state index in [1.54, 1.807) is 76.2 Å².